The zero-order valence-electron chi connectivity index (χ0n) is 11.2. The molecule has 0 aromatic rings. The smallest absolute Gasteiger partial charge is 0.0650 e. The summed E-state index contributed by atoms with van der Waals surface area (Å²) in [6.45, 7) is 9.41. The van der Waals surface area contributed by atoms with Crippen LogP contribution in [0.5, 0.6) is 0 Å². The normalized spacial score (nSPS) is 58.7. The van der Waals surface area contributed by atoms with Crippen molar-refractivity contribution < 1.29 is 5.11 Å². The van der Waals surface area contributed by atoms with Crippen LogP contribution in [0.4, 0.5) is 0 Å². The monoisotopic (exact) mass is 222 g/mol. The molecular weight excluding hydrogens is 196 g/mol. The Hall–Kier alpha value is -0.0400. The van der Waals surface area contributed by atoms with E-state index in [1.165, 1.54) is 19.3 Å². The van der Waals surface area contributed by atoms with E-state index in [0.29, 0.717) is 11.3 Å². The van der Waals surface area contributed by atoms with Gasteiger partial charge < -0.3 is 5.11 Å². The van der Waals surface area contributed by atoms with E-state index in [2.05, 4.69) is 27.7 Å². The van der Waals surface area contributed by atoms with Crippen LogP contribution in [0.3, 0.4) is 0 Å². The standard InChI is InChI=1S/C15H26O/c1-9-5-6-10-12(9)13-11(14(13,2)3)7-8-15(10,4)16/h9-13,16H,5-8H2,1-4H3/t9-,10+,11-,12-,13+,15+/m1/s1. The molecule has 3 saturated carbocycles. The predicted octanol–water partition coefficient (Wildman–Crippen LogP) is 3.47. The number of hydrogen-bond acceptors (Lipinski definition) is 1. The van der Waals surface area contributed by atoms with Gasteiger partial charge in [0.25, 0.3) is 0 Å². The van der Waals surface area contributed by atoms with Gasteiger partial charge in [-0.15, -0.1) is 0 Å². The lowest BCUT2D eigenvalue weighted by Gasteiger charge is -2.35. The fourth-order valence-corrected chi connectivity index (χ4v) is 5.29. The summed E-state index contributed by atoms with van der Waals surface area (Å²) >= 11 is 0. The average molecular weight is 222 g/mol. The molecule has 6 atom stereocenters. The molecular formula is C15H26O. The molecule has 0 saturated heterocycles. The van der Waals surface area contributed by atoms with E-state index >= 15 is 0 Å². The Morgan fingerprint density at radius 1 is 1.00 bits per heavy atom. The molecule has 3 aliphatic carbocycles. The molecule has 0 unspecified atom stereocenters. The SMILES string of the molecule is C[C@@H]1CC[C@H]2[C@@H]1[C@@H]1[C@@H](CC[C@]2(C)O)C1(C)C. The molecule has 0 aliphatic heterocycles. The van der Waals surface area contributed by atoms with Gasteiger partial charge in [0.15, 0.2) is 0 Å². The highest BCUT2D eigenvalue weighted by atomic mass is 16.3. The zero-order valence-corrected chi connectivity index (χ0v) is 11.2. The van der Waals surface area contributed by atoms with Crippen LogP contribution in [0.15, 0.2) is 0 Å². The second kappa shape index (κ2) is 3.04. The molecule has 0 radical (unpaired) electrons. The minimum Gasteiger partial charge on any atom is -0.390 e. The fourth-order valence-electron chi connectivity index (χ4n) is 5.29. The van der Waals surface area contributed by atoms with Crippen molar-refractivity contribution in [3.05, 3.63) is 0 Å². The first-order valence-corrected chi connectivity index (χ1v) is 7.08. The molecule has 16 heavy (non-hydrogen) atoms. The lowest BCUT2D eigenvalue weighted by molar-refractivity contribution is -0.0302. The van der Waals surface area contributed by atoms with E-state index < -0.39 is 0 Å². The lowest BCUT2D eigenvalue weighted by Crippen LogP contribution is -2.38. The number of fused-ring (bicyclic) bond motifs is 3. The van der Waals surface area contributed by atoms with E-state index in [1.807, 2.05) is 0 Å². The summed E-state index contributed by atoms with van der Waals surface area (Å²) < 4.78 is 0. The molecule has 3 aliphatic rings. The van der Waals surface area contributed by atoms with Crippen LogP contribution < -0.4 is 0 Å². The van der Waals surface area contributed by atoms with Crippen molar-refractivity contribution in [1.82, 2.24) is 0 Å². The van der Waals surface area contributed by atoms with Crippen LogP contribution in [0.2, 0.25) is 0 Å². The minimum absolute atomic E-state index is 0.376. The van der Waals surface area contributed by atoms with E-state index in [-0.39, 0.29) is 5.60 Å². The Kier molecular flexibility index (Phi) is 2.11. The predicted molar refractivity (Wildman–Crippen MR) is 66.0 cm³/mol. The molecule has 92 valence electrons. The Labute approximate surface area is 99.6 Å². The van der Waals surface area contributed by atoms with Crippen LogP contribution in [-0.4, -0.2) is 10.7 Å². The maximum atomic E-state index is 10.7. The first-order chi connectivity index (χ1) is 7.36. The number of aliphatic hydroxyl groups is 1. The van der Waals surface area contributed by atoms with Gasteiger partial charge in [0.1, 0.15) is 0 Å². The van der Waals surface area contributed by atoms with Crippen LogP contribution in [0.1, 0.15) is 53.4 Å². The highest BCUT2D eigenvalue weighted by molar-refractivity contribution is 5.14. The first-order valence-electron chi connectivity index (χ1n) is 7.08. The van der Waals surface area contributed by atoms with Crippen LogP contribution >= 0.6 is 0 Å². The van der Waals surface area contributed by atoms with Crippen molar-refractivity contribution in [2.75, 3.05) is 0 Å². The second-order valence-electron chi connectivity index (χ2n) is 7.59. The van der Waals surface area contributed by atoms with Gasteiger partial charge in [-0.3, -0.25) is 0 Å². The van der Waals surface area contributed by atoms with Gasteiger partial charge in [0.05, 0.1) is 5.60 Å². The molecule has 0 bridgehead atoms. The Morgan fingerprint density at radius 3 is 2.38 bits per heavy atom. The molecule has 0 aromatic heterocycles. The molecule has 0 aromatic carbocycles. The Balaban J connectivity index is 1.94. The summed E-state index contributed by atoms with van der Waals surface area (Å²) in [4.78, 5) is 0. The largest absolute Gasteiger partial charge is 0.390 e. The van der Waals surface area contributed by atoms with Crippen molar-refractivity contribution >= 4 is 0 Å². The average Bonchev–Trinajstić information content (AvgIpc) is 2.51. The minimum atomic E-state index is -0.376. The molecule has 0 amide bonds. The van der Waals surface area contributed by atoms with Gasteiger partial charge in [-0.2, -0.15) is 0 Å². The third-order valence-electron chi connectivity index (χ3n) is 6.37. The van der Waals surface area contributed by atoms with Gasteiger partial charge in [-0.25, -0.2) is 0 Å². The quantitative estimate of drug-likeness (QED) is 0.665. The van der Waals surface area contributed by atoms with Crippen molar-refractivity contribution in [2.45, 2.75) is 59.0 Å². The summed E-state index contributed by atoms with van der Waals surface area (Å²) in [6.07, 6.45) is 4.89. The van der Waals surface area contributed by atoms with Gasteiger partial charge in [0.2, 0.25) is 0 Å². The molecule has 3 rings (SSSR count). The van der Waals surface area contributed by atoms with Gasteiger partial charge in [-0.1, -0.05) is 27.2 Å². The van der Waals surface area contributed by atoms with Crippen molar-refractivity contribution in [3.8, 4) is 0 Å². The second-order valence-corrected chi connectivity index (χ2v) is 7.59. The van der Waals surface area contributed by atoms with E-state index in [4.69, 9.17) is 0 Å². The van der Waals surface area contributed by atoms with Gasteiger partial charge in [0, 0.05) is 0 Å². The van der Waals surface area contributed by atoms with Crippen LogP contribution in [0.25, 0.3) is 0 Å². The third kappa shape index (κ3) is 1.27. The number of hydrogen-bond donors (Lipinski definition) is 1. The Bertz CT molecular complexity index is 305. The van der Waals surface area contributed by atoms with Crippen molar-refractivity contribution in [3.63, 3.8) is 0 Å². The fraction of sp³-hybridized carbons (Fsp3) is 1.00. The molecule has 0 spiro atoms. The maximum absolute atomic E-state index is 10.7. The van der Waals surface area contributed by atoms with E-state index in [9.17, 15) is 5.11 Å². The molecule has 1 nitrogen and oxygen atoms in total. The summed E-state index contributed by atoms with van der Waals surface area (Å²) in [6, 6.07) is 0. The molecule has 3 fully saturated rings. The Morgan fingerprint density at radius 2 is 1.69 bits per heavy atom. The van der Waals surface area contributed by atoms with E-state index in [1.54, 1.807) is 0 Å². The van der Waals surface area contributed by atoms with Gasteiger partial charge in [-0.05, 0) is 61.2 Å². The molecule has 1 heteroatoms. The van der Waals surface area contributed by atoms with Gasteiger partial charge >= 0.3 is 0 Å². The maximum Gasteiger partial charge on any atom is 0.0650 e. The van der Waals surface area contributed by atoms with Crippen molar-refractivity contribution in [2.24, 2.45) is 35.0 Å². The summed E-state index contributed by atoms with van der Waals surface area (Å²) in [5.74, 6) is 4.03. The third-order valence-corrected chi connectivity index (χ3v) is 6.37. The highest BCUT2D eigenvalue weighted by Crippen LogP contribution is 2.71. The number of rotatable bonds is 0. The highest BCUT2D eigenvalue weighted by Gasteiger charge is 2.66. The van der Waals surface area contributed by atoms with Crippen molar-refractivity contribution in [1.29, 1.82) is 0 Å². The summed E-state index contributed by atoms with van der Waals surface area (Å²) in [5, 5.41) is 10.7. The van der Waals surface area contributed by atoms with Crippen LogP contribution in [0, 0.1) is 35.0 Å². The molecule has 0 heterocycles. The molecule has 1 N–H and O–H groups in total. The topological polar surface area (TPSA) is 20.2 Å². The first kappa shape index (κ1) is 11.1. The summed E-state index contributed by atoms with van der Waals surface area (Å²) in [5.41, 5.74) is 0.191. The van der Waals surface area contributed by atoms with E-state index in [0.717, 1.165) is 30.1 Å². The van der Waals surface area contributed by atoms with Crippen LogP contribution in [-0.2, 0) is 0 Å². The summed E-state index contributed by atoms with van der Waals surface area (Å²) in [7, 11) is 0. The zero-order chi connectivity index (χ0) is 11.7. The lowest BCUT2D eigenvalue weighted by atomic mass is 9.74.